The van der Waals surface area contributed by atoms with E-state index in [9.17, 15) is 9.59 Å². The van der Waals surface area contributed by atoms with Crippen LogP contribution in [0.5, 0.6) is 0 Å². The molecule has 2 amide bonds. The molecule has 6 heteroatoms. The van der Waals surface area contributed by atoms with Crippen LogP contribution in [0.3, 0.4) is 0 Å². The number of carboxylic acid groups (broad SMARTS) is 1. The first kappa shape index (κ1) is 17.7. The van der Waals surface area contributed by atoms with Gasteiger partial charge in [-0.05, 0) is 35.8 Å². The number of rotatable bonds is 7. The number of carbonyl (C=O) groups is 2. The first-order valence-electron chi connectivity index (χ1n) is 8.99. The molecule has 0 spiro atoms. The third-order valence-corrected chi connectivity index (χ3v) is 5.36. The van der Waals surface area contributed by atoms with Crippen molar-refractivity contribution in [2.45, 2.75) is 44.7 Å². The van der Waals surface area contributed by atoms with Gasteiger partial charge in [0, 0.05) is 19.0 Å². The first-order valence-corrected chi connectivity index (χ1v) is 8.99. The number of nitrogens with one attached hydrogen (secondary N) is 1. The normalized spacial score (nSPS) is 20.8. The maximum atomic E-state index is 12.0. The largest absolute Gasteiger partial charge is 0.465 e. The van der Waals surface area contributed by atoms with Crippen LogP contribution in [0.4, 0.5) is 4.79 Å². The molecule has 1 heterocycles. The van der Waals surface area contributed by atoms with E-state index in [1.807, 2.05) is 26.0 Å². The molecule has 2 aliphatic rings. The fraction of sp³-hybridized carbons (Fsp3) is 0.579. The molecule has 2 atom stereocenters. The van der Waals surface area contributed by atoms with Crippen LogP contribution in [-0.4, -0.2) is 41.3 Å². The Bertz CT molecular complexity index is 634. The van der Waals surface area contributed by atoms with E-state index in [0.29, 0.717) is 19.0 Å². The summed E-state index contributed by atoms with van der Waals surface area (Å²) in [6.07, 6.45) is 1.25. The Kier molecular flexibility index (Phi) is 4.99. The van der Waals surface area contributed by atoms with Crippen molar-refractivity contribution in [2.24, 2.45) is 17.6 Å². The van der Waals surface area contributed by atoms with Crippen LogP contribution in [0.25, 0.3) is 0 Å². The Morgan fingerprint density at radius 3 is 2.24 bits per heavy atom. The summed E-state index contributed by atoms with van der Waals surface area (Å²) in [5, 5.41) is 11.6. The third-order valence-electron chi connectivity index (χ3n) is 5.36. The fourth-order valence-electron chi connectivity index (χ4n) is 3.85. The van der Waals surface area contributed by atoms with Gasteiger partial charge >= 0.3 is 6.09 Å². The molecule has 1 aliphatic carbocycles. The van der Waals surface area contributed by atoms with Crippen molar-refractivity contribution in [3.05, 3.63) is 35.4 Å². The van der Waals surface area contributed by atoms with Crippen molar-refractivity contribution >= 4 is 12.0 Å². The molecular formula is C19H27N3O3. The summed E-state index contributed by atoms with van der Waals surface area (Å²) in [4.78, 5) is 25.1. The van der Waals surface area contributed by atoms with Gasteiger partial charge in [-0.2, -0.15) is 0 Å². The average molecular weight is 345 g/mol. The van der Waals surface area contributed by atoms with Crippen LogP contribution >= 0.6 is 0 Å². The van der Waals surface area contributed by atoms with Gasteiger partial charge in [0.25, 0.3) is 0 Å². The number of carbonyl (C=O) groups excluding carboxylic acids is 1. The number of nitrogens with two attached hydrogens (primary N) is 1. The van der Waals surface area contributed by atoms with Gasteiger partial charge in [-0.3, -0.25) is 9.69 Å². The highest BCUT2D eigenvalue weighted by atomic mass is 16.4. The second-order valence-corrected chi connectivity index (χ2v) is 7.67. The number of primary amides is 1. The van der Waals surface area contributed by atoms with Gasteiger partial charge in [0.05, 0.1) is 12.1 Å². The van der Waals surface area contributed by atoms with E-state index in [1.54, 1.807) is 0 Å². The van der Waals surface area contributed by atoms with Crippen LogP contribution < -0.4 is 11.1 Å². The maximum Gasteiger partial charge on any atom is 0.405 e. The lowest BCUT2D eigenvalue weighted by Gasteiger charge is -2.47. The Labute approximate surface area is 148 Å². The molecule has 2 unspecified atom stereocenters. The van der Waals surface area contributed by atoms with E-state index in [0.717, 1.165) is 5.56 Å². The Morgan fingerprint density at radius 2 is 1.80 bits per heavy atom. The molecule has 1 saturated heterocycles. The second kappa shape index (κ2) is 7.04. The molecule has 2 fully saturated rings. The molecule has 1 aromatic rings. The standard InChI is InChI=1S/C19H27N3O3/c1-11(2)18(21-19(24)25)22-9-15(10-22)16(17(20)23)14-7-5-13(6-8-14)12-3-4-12/h5-8,11-12,15-16,18,21H,3-4,9-10H2,1-2H3,(H2,20,23)(H,24,25). The molecule has 0 bridgehead atoms. The summed E-state index contributed by atoms with van der Waals surface area (Å²) in [6, 6.07) is 8.28. The minimum atomic E-state index is -1.02. The number of benzene rings is 1. The van der Waals surface area contributed by atoms with E-state index in [-0.39, 0.29) is 29.8 Å². The summed E-state index contributed by atoms with van der Waals surface area (Å²) < 4.78 is 0. The summed E-state index contributed by atoms with van der Waals surface area (Å²) in [7, 11) is 0. The molecule has 1 aliphatic heterocycles. The summed E-state index contributed by atoms with van der Waals surface area (Å²) in [6.45, 7) is 5.30. The van der Waals surface area contributed by atoms with Crippen molar-refractivity contribution < 1.29 is 14.7 Å². The molecule has 25 heavy (non-hydrogen) atoms. The maximum absolute atomic E-state index is 12.0. The van der Waals surface area contributed by atoms with Crippen LogP contribution in [0, 0.1) is 11.8 Å². The molecule has 136 valence electrons. The highest BCUT2D eigenvalue weighted by molar-refractivity contribution is 5.82. The van der Waals surface area contributed by atoms with Gasteiger partial charge in [0.2, 0.25) is 5.91 Å². The first-order chi connectivity index (χ1) is 11.9. The van der Waals surface area contributed by atoms with Crippen molar-refractivity contribution in [1.82, 2.24) is 10.2 Å². The molecule has 0 radical (unpaired) electrons. The van der Waals surface area contributed by atoms with Gasteiger partial charge in [0.1, 0.15) is 0 Å². The van der Waals surface area contributed by atoms with Gasteiger partial charge in [-0.1, -0.05) is 38.1 Å². The van der Waals surface area contributed by atoms with E-state index >= 15 is 0 Å². The number of hydrogen-bond acceptors (Lipinski definition) is 3. The fourth-order valence-corrected chi connectivity index (χ4v) is 3.85. The van der Waals surface area contributed by atoms with Crippen molar-refractivity contribution in [1.29, 1.82) is 0 Å². The Hall–Kier alpha value is -2.08. The number of likely N-dealkylation sites (tertiary alicyclic amines) is 1. The quantitative estimate of drug-likeness (QED) is 0.706. The number of nitrogens with zero attached hydrogens (tertiary/aromatic N) is 1. The molecular weight excluding hydrogens is 318 g/mol. The summed E-state index contributed by atoms with van der Waals surface area (Å²) >= 11 is 0. The smallest absolute Gasteiger partial charge is 0.405 e. The molecule has 0 aromatic heterocycles. The van der Waals surface area contributed by atoms with Crippen molar-refractivity contribution in [3.63, 3.8) is 0 Å². The zero-order valence-corrected chi connectivity index (χ0v) is 14.8. The van der Waals surface area contributed by atoms with Crippen molar-refractivity contribution in [3.8, 4) is 0 Å². The van der Waals surface area contributed by atoms with Crippen LogP contribution in [0.15, 0.2) is 24.3 Å². The molecule has 3 rings (SSSR count). The van der Waals surface area contributed by atoms with Crippen LogP contribution in [0.1, 0.15) is 49.7 Å². The number of hydrogen-bond donors (Lipinski definition) is 3. The average Bonchev–Trinajstić information content (AvgIpc) is 3.33. The summed E-state index contributed by atoms with van der Waals surface area (Å²) in [5.41, 5.74) is 7.99. The third kappa shape index (κ3) is 3.95. The van der Waals surface area contributed by atoms with E-state index in [4.69, 9.17) is 10.8 Å². The van der Waals surface area contributed by atoms with Gasteiger partial charge in [0.15, 0.2) is 0 Å². The highest BCUT2D eigenvalue weighted by Crippen LogP contribution is 2.41. The number of amides is 2. The van der Waals surface area contributed by atoms with Crippen LogP contribution in [-0.2, 0) is 4.79 Å². The SMILES string of the molecule is CC(C)C(NC(=O)O)N1CC(C(C(N)=O)c2ccc(C3CC3)cc2)C1. The molecule has 6 nitrogen and oxygen atoms in total. The zero-order chi connectivity index (χ0) is 18.1. The monoisotopic (exact) mass is 345 g/mol. The predicted molar refractivity (Wildman–Crippen MR) is 95.2 cm³/mol. The minimum Gasteiger partial charge on any atom is -0.465 e. The van der Waals surface area contributed by atoms with Gasteiger partial charge in [-0.25, -0.2) is 4.79 Å². The highest BCUT2D eigenvalue weighted by Gasteiger charge is 2.41. The predicted octanol–water partition coefficient (Wildman–Crippen LogP) is 2.31. The Balaban J connectivity index is 1.66. The second-order valence-electron chi connectivity index (χ2n) is 7.67. The minimum absolute atomic E-state index is 0.126. The topological polar surface area (TPSA) is 95.7 Å². The molecule has 4 N–H and O–H groups in total. The summed E-state index contributed by atoms with van der Waals surface area (Å²) in [5.74, 6) is 0.343. The van der Waals surface area contributed by atoms with Gasteiger partial charge < -0.3 is 16.2 Å². The molecule has 1 saturated carbocycles. The molecule has 1 aromatic carbocycles. The van der Waals surface area contributed by atoms with Crippen LogP contribution in [0.2, 0.25) is 0 Å². The Morgan fingerprint density at radius 1 is 1.20 bits per heavy atom. The van der Waals surface area contributed by atoms with Crippen molar-refractivity contribution in [2.75, 3.05) is 13.1 Å². The zero-order valence-electron chi connectivity index (χ0n) is 14.8. The van der Waals surface area contributed by atoms with E-state index < -0.39 is 6.09 Å². The van der Waals surface area contributed by atoms with E-state index in [2.05, 4.69) is 22.3 Å². The lowest BCUT2D eigenvalue weighted by Crippen LogP contribution is -2.62. The van der Waals surface area contributed by atoms with Gasteiger partial charge in [-0.15, -0.1) is 0 Å². The van der Waals surface area contributed by atoms with E-state index in [1.165, 1.54) is 18.4 Å². The lowest BCUT2D eigenvalue weighted by molar-refractivity contribution is -0.123. The lowest BCUT2D eigenvalue weighted by atomic mass is 9.79.